The number of amides is 1. The maximum atomic E-state index is 12.4. The van der Waals surface area contributed by atoms with Gasteiger partial charge in [-0.1, -0.05) is 36.4 Å². The molecule has 114 valence electrons. The Balaban J connectivity index is 2.24. The van der Waals surface area contributed by atoms with Crippen LogP contribution in [0.25, 0.3) is 0 Å². The largest absolute Gasteiger partial charge is 0.473 e. The van der Waals surface area contributed by atoms with Gasteiger partial charge in [-0.2, -0.15) is 18.2 Å². The molecule has 0 saturated carbocycles. The summed E-state index contributed by atoms with van der Waals surface area (Å²) in [6.07, 6.45) is -5.03. The Hall–Kier alpha value is -2.83. The molecule has 0 bridgehead atoms. The second kappa shape index (κ2) is 6.75. The van der Waals surface area contributed by atoms with Crippen molar-refractivity contribution in [3.8, 4) is 0 Å². The number of guanidine groups is 1. The van der Waals surface area contributed by atoms with Crippen molar-refractivity contribution in [1.29, 1.82) is 0 Å². The zero-order valence-corrected chi connectivity index (χ0v) is 11.3. The molecule has 0 aliphatic carbocycles. The SMILES string of the molecule is O=C(N=C(Nc1ccccc1)Nc1ccccc1)C(F)(F)F. The molecular weight excluding hydrogens is 295 g/mol. The van der Waals surface area contributed by atoms with E-state index in [0.717, 1.165) is 0 Å². The van der Waals surface area contributed by atoms with Crippen LogP contribution in [0.15, 0.2) is 65.7 Å². The lowest BCUT2D eigenvalue weighted by Crippen LogP contribution is -2.28. The molecule has 2 rings (SSSR count). The molecule has 2 aromatic rings. The average molecular weight is 307 g/mol. The summed E-state index contributed by atoms with van der Waals surface area (Å²) in [6, 6.07) is 16.9. The van der Waals surface area contributed by atoms with E-state index in [4.69, 9.17) is 0 Å². The average Bonchev–Trinajstić information content (AvgIpc) is 2.48. The van der Waals surface area contributed by atoms with Gasteiger partial charge in [0.2, 0.25) is 5.96 Å². The molecule has 2 aromatic carbocycles. The van der Waals surface area contributed by atoms with Crippen LogP contribution in [-0.2, 0) is 4.79 Å². The maximum absolute atomic E-state index is 12.4. The van der Waals surface area contributed by atoms with Crippen LogP contribution in [0.3, 0.4) is 0 Å². The van der Waals surface area contributed by atoms with Gasteiger partial charge in [0.25, 0.3) is 0 Å². The highest BCUT2D eigenvalue weighted by atomic mass is 19.4. The van der Waals surface area contributed by atoms with Gasteiger partial charge in [0.1, 0.15) is 0 Å². The molecule has 0 aromatic heterocycles. The number of nitrogens with zero attached hydrogens (tertiary/aromatic N) is 1. The van der Waals surface area contributed by atoms with Crippen LogP contribution in [0.2, 0.25) is 0 Å². The normalized spacial score (nSPS) is 10.7. The van der Waals surface area contributed by atoms with E-state index in [1.165, 1.54) is 0 Å². The lowest BCUT2D eigenvalue weighted by Gasteiger charge is -2.12. The molecule has 0 aliphatic rings. The minimum Gasteiger partial charge on any atom is -0.326 e. The fourth-order valence-electron chi connectivity index (χ4n) is 1.57. The summed E-state index contributed by atoms with van der Waals surface area (Å²) in [5.41, 5.74) is 0.999. The van der Waals surface area contributed by atoms with E-state index in [0.29, 0.717) is 11.4 Å². The van der Waals surface area contributed by atoms with Crippen molar-refractivity contribution >= 4 is 23.2 Å². The highest BCUT2D eigenvalue weighted by Crippen LogP contribution is 2.17. The summed E-state index contributed by atoms with van der Waals surface area (Å²) in [4.78, 5) is 14.1. The van der Waals surface area contributed by atoms with E-state index in [9.17, 15) is 18.0 Å². The third-order valence-corrected chi connectivity index (χ3v) is 2.53. The molecule has 0 unspecified atom stereocenters. The van der Waals surface area contributed by atoms with Crippen molar-refractivity contribution in [3.05, 3.63) is 60.7 Å². The van der Waals surface area contributed by atoms with Crippen LogP contribution in [0, 0.1) is 0 Å². The van der Waals surface area contributed by atoms with Crippen LogP contribution in [-0.4, -0.2) is 18.0 Å². The first-order chi connectivity index (χ1) is 10.4. The Bertz CT molecular complexity index is 611. The number of rotatable bonds is 2. The number of aliphatic imine (C=N–C) groups is 1. The molecular formula is C15H12F3N3O. The molecule has 0 saturated heterocycles. The second-order valence-corrected chi connectivity index (χ2v) is 4.25. The van der Waals surface area contributed by atoms with Gasteiger partial charge in [-0.25, -0.2) is 0 Å². The van der Waals surface area contributed by atoms with E-state index in [-0.39, 0.29) is 5.96 Å². The summed E-state index contributed by atoms with van der Waals surface area (Å²) in [7, 11) is 0. The van der Waals surface area contributed by atoms with E-state index in [2.05, 4.69) is 15.6 Å². The minimum absolute atomic E-state index is 0.306. The van der Waals surface area contributed by atoms with Gasteiger partial charge in [0, 0.05) is 11.4 Å². The van der Waals surface area contributed by atoms with Crippen molar-refractivity contribution in [3.63, 3.8) is 0 Å². The molecule has 22 heavy (non-hydrogen) atoms. The molecule has 1 amide bonds. The number of alkyl halides is 3. The number of anilines is 2. The van der Waals surface area contributed by atoms with Gasteiger partial charge >= 0.3 is 12.1 Å². The molecule has 0 fully saturated rings. The van der Waals surface area contributed by atoms with E-state index >= 15 is 0 Å². The quantitative estimate of drug-likeness (QED) is 0.657. The first-order valence-electron chi connectivity index (χ1n) is 6.29. The predicted molar refractivity (Wildman–Crippen MR) is 78.6 cm³/mol. The molecule has 2 N–H and O–H groups in total. The van der Waals surface area contributed by atoms with E-state index < -0.39 is 12.1 Å². The van der Waals surface area contributed by atoms with Crippen molar-refractivity contribution < 1.29 is 18.0 Å². The fourth-order valence-corrected chi connectivity index (χ4v) is 1.57. The maximum Gasteiger partial charge on any atom is 0.473 e. The van der Waals surface area contributed by atoms with E-state index in [1.54, 1.807) is 60.7 Å². The highest BCUT2D eigenvalue weighted by Gasteiger charge is 2.39. The Kier molecular flexibility index (Phi) is 4.77. The van der Waals surface area contributed by atoms with Gasteiger partial charge in [0.15, 0.2) is 0 Å². The van der Waals surface area contributed by atoms with Crippen LogP contribution in [0.1, 0.15) is 0 Å². The van der Waals surface area contributed by atoms with Crippen molar-refractivity contribution in [1.82, 2.24) is 0 Å². The Labute approximate surface area is 124 Å². The number of halogens is 3. The number of hydrogen-bond acceptors (Lipinski definition) is 1. The predicted octanol–water partition coefficient (Wildman–Crippen LogP) is 3.66. The number of para-hydroxylation sites is 2. The molecule has 0 atom stereocenters. The van der Waals surface area contributed by atoms with Crippen molar-refractivity contribution in [2.45, 2.75) is 6.18 Å². The monoisotopic (exact) mass is 307 g/mol. The fraction of sp³-hybridized carbons (Fsp3) is 0.0667. The number of nitrogens with one attached hydrogen (secondary N) is 2. The molecule has 4 nitrogen and oxygen atoms in total. The number of carbonyl (C=O) groups is 1. The minimum atomic E-state index is -5.03. The van der Waals surface area contributed by atoms with Crippen molar-refractivity contribution in [2.24, 2.45) is 4.99 Å². The van der Waals surface area contributed by atoms with Gasteiger partial charge in [-0.3, -0.25) is 4.79 Å². The summed E-state index contributed by atoms with van der Waals surface area (Å²) in [6.45, 7) is 0. The number of hydrogen-bond donors (Lipinski definition) is 2. The summed E-state index contributed by atoms with van der Waals surface area (Å²) >= 11 is 0. The molecule has 7 heteroatoms. The lowest BCUT2D eigenvalue weighted by atomic mass is 10.3. The Morgan fingerprint density at radius 1 is 0.818 bits per heavy atom. The first-order valence-corrected chi connectivity index (χ1v) is 6.29. The summed E-state index contributed by atoms with van der Waals surface area (Å²) < 4.78 is 37.1. The molecule has 0 heterocycles. The molecule has 0 spiro atoms. The number of carbonyl (C=O) groups excluding carboxylic acids is 1. The standard InChI is InChI=1S/C15H12F3N3O/c16-15(17,18)13(22)21-14(19-11-7-3-1-4-8-11)20-12-9-5-2-6-10-12/h1-10H,(H2,19,20,21,22). The number of benzene rings is 2. The van der Waals surface area contributed by atoms with Gasteiger partial charge in [0.05, 0.1) is 0 Å². The Morgan fingerprint density at radius 3 is 1.59 bits per heavy atom. The van der Waals surface area contributed by atoms with Gasteiger partial charge < -0.3 is 10.6 Å². The third-order valence-electron chi connectivity index (χ3n) is 2.53. The Morgan fingerprint density at radius 2 is 1.23 bits per heavy atom. The van der Waals surface area contributed by atoms with Crippen LogP contribution < -0.4 is 10.6 Å². The zero-order chi connectivity index (χ0) is 16.0. The van der Waals surface area contributed by atoms with Crippen molar-refractivity contribution in [2.75, 3.05) is 10.6 Å². The van der Waals surface area contributed by atoms with Gasteiger partial charge in [-0.15, -0.1) is 0 Å². The second-order valence-electron chi connectivity index (χ2n) is 4.25. The highest BCUT2D eigenvalue weighted by molar-refractivity contribution is 6.09. The topological polar surface area (TPSA) is 53.5 Å². The molecule has 0 radical (unpaired) electrons. The van der Waals surface area contributed by atoms with Crippen LogP contribution in [0.5, 0.6) is 0 Å². The van der Waals surface area contributed by atoms with Crippen LogP contribution in [0.4, 0.5) is 24.5 Å². The summed E-state index contributed by atoms with van der Waals surface area (Å²) in [5, 5.41) is 5.30. The smallest absolute Gasteiger partial charge is 0.326 e. The first kappa shape index (κ1) is 15.6. The lowest BCUT2D eigenvalue weighted by molar-refractivity contribution is -0.169. The molecule has 0 aliphatic heterocycles. The van der Waals surface area contributed by atoms with E-state index in [1.807, 2.05) is 0 Å². The third kappa shape index (κ3) is 4.62. The van der Waals surface area contributed by atoms with Gasteiger partial charge in [-0.05, 0) is 24.3 Å². The summed E-state index contributed by atoms with van der Waals surface area (Å²) in [5.74, 6) is -2.49. The zero-order valence-electron chi connectivity index (χ0n) is 11.3. The van der Waals surface area contributed by atoms with Crippen LogP contribution >= 0.6 is 0 Å².